The minimum atomic E-state index is -0.608. The molecule has 3 rings (SSSR count). The number of benzene rings is 1. The number of nitrogens with zero attached hydrogens (tertiary/aromatic N) is 2. The lowest BCUT2D eigenvalue weighted by Crippen LogP contribution is -2.54. The Morgan fingerprint density at radius 3 is 2.50 bits per heavy atom. The van der Waals surface area contributed by atoms with E-state index in [1.54, 1.807) is 11.9 Å². The van der Waals surface area contributed by atoms with E-state index < -0.39 is 6.10 Å². The number of likely N-dealkylation sites (N-methyl/N-ethyl adjacent to an activating group) is 1. The van der Waals surface area contributed by atoms with Crippen LogP contribution >= 0.6 is 0 Å². The molecule has 5 heteroatoms. The van der Waals surface area contributed by atoms with Crippen LogP contribution in [0.15, 0.2) is 30.3 Å². The Bertz CT molecular complexity index is 540. The van der Waals surface area contributed by atoms with E-state index in [1.165, 1.54) is 6.42 Å². The van der Waals surface area contributed by atoms with Gasteiger partial charge in [-0.05, 0) is 24.8 Å². The highest BCUT2D eigenvalue weighted by atomic mass is 16.5. The number of morpholine rings is 1. The van der Waals surface area contributed by atoms with E-state index in [0.29, 0.717) is 0 Å². The third-order valence-corrected chi connectivity index (χ3v) is 4.54. The summed E-state index contributed by atoms with van der Waals surface area (Å²) in [6.45, 7) is 1.56. The van der Waals surface area contributed by atoms with Crippen LogP contribution in [-0.4, -0.2) is 54.5 Å². The first kappa shape index (κ1) is 15.0. The van der Waals surface area contributed by atoms with Crippen molar-refractivity contribution in [3.63, 3.8) is 0 Å². The summed E-state index contributed by atoms with van der Waals surface area (Å²) < 4.78 is 5.66. The molecule has 2 aliphatic heterocycles. The predicted octanol–water partition coefficient (Wildman–Crippen LogP) is 1.60. The minimum absolute atomic E-state index is 0.00732. The highest BCUT2D eigenvalue weighted by Gasteiger charge is 2.41. The first-order valence-electron chi connectivity index (χ1n) is 7.89. The molecule has 118 valence electrons. The number of carbonyl (C=O) groups is 2. The Kier molecular flexibility index (Phi) is 4.43. The molecule has 2 fully saturated rings. The normalized spacial score (nSPS) is 26.1. The number of hydrogen-bond donors (Lipinski definition) is 0. The third kappa shape index (κ3) is 2.86. The van der Waals surface area contributed by atoms with E-state index in [-0.39, 0.29) is 24.5 Å². The molecule has 0 spiro atoms. The average Bonchev–Trinajstić information content (AvgIpc) is 2.58. The maximum absolute atomic E-state index is 12.9. The summed E-state index contributed by atoms with van der Waals surface area (Å²) in [7, 11) is 1.75. The molecule has 1 aromatic carbocycles. The second kappa shape index (κ2) is 6.48. The predicted molar refractivity (Wildman–Crippen MR) is 82.1 cm³/mol. The number of ether oxygens (including phenoxy) is 1. The number of likely N-dealkylation sites (tertiary alicyclic amines) is 1. The van der Waals surface area contributed by atoms with E-state index in [2.05, 4.69) is 0 Å². The molecule has 2 aliphatic rings. The lowest BCUT2D eigenvalue weighted by Gasteiger charge is -2.40. The highest BCUT2D eigenvalue weighted by molar-refractivity contribution is 5.86. The minimum Gasteiger partial charge on any atom is -0.356 e. The quantitative estimate of drug-likeness (QED) is 0.834. The molecular formula is C17H22N2O3. The summed E-state index contributed by atoms with van der Waals surface area (Å²) >= 11 is 0. The van der Waals surface area contributed by atoms with Crippen molar-refractivity contribution < 1.29 is 14.3 Å². The van der Waals surface area contributed by atoms with Crippen LogP contribution in [-0.2, 0) is 14.3 Å². The molecule has 0 radical (unpaired) electrons. The molecule has 0 aromatic heterocycles. The fraction of sp³-hybridized carbons (Fsp3) is 0.529. The van der Waals surface area contributed by atoms with Gasteiger partial charge < -0.3 is 14.5 Å². The van der Waals surface area contributed by atoms with Crippen molar-refractivity contribution in [1.29, 1.82) is 0 Å². The number of amides is 2. The maximum atomic E-state index is 12.9. The second-order valence-electron chi connectivity index (χ2n) is 5.98. The van der Waals surface area contributed by atoms with Crippen LogP contribution in [0.2, 0.25) is 0 Å². The number of rotatable bonds is 2. The van der Waals surface area contributed by atoms with Crippen molar-refractivity contribution in [1.82, 2.24) is 9.80 Å². The first-order chi connectivity index (χ1) is 10.7. The van der Waals surface area contributed by atoms with Gasteiger partial charge in [0.25, 0.3) is 5.91 Å². The molecule has 0 unspecified atom stereocenters. The molecular weight excluding hydrogens is 280 g/mol. The van der Waals surface area contributed by atoms with E-state index >= 15 is 0 Å². The average molecular weight is 302 g/mol. The monoisotopic (exact) mass is 302 g/mol. The Morgan fingerprint density at radius 2 is 1.82 bits per heavy atom. The van der Waals surface area contributed by atoms with Crippen molar-refractivity contribution in [2.24, 2.45) is 0 Å². The summed E-state index contributed by atoms with van der Waals surface area (Å²) in [5.74, 6) is -0.0792. The van der Waals surface area contributed by atoms with Gasteiger partial charge in [-0.2, -0.15) is 0 Å². The van der Waals surface area contributed by atoms with Gasteiger partial charge in [0.15, 0.2) is 6.10 Å². The van der Waals surface area contributed by atoms with Crippen molar-refractivity contribution in [2.75, 3.05) is 26.7 Å². The molecule has 2 amide bonds. The molecule has 2 atom stereocenters. The van der Waals surface area contributed by atoms with Gasteiger partial charge in [-0.3, -0.25) is 9.59 Å². The fourth-order valence-corrected chi connectivity index (χ4v) is 3.26. The summed E-state index contributed by atoms with van der Waals surface area (Å²) in [4.78, 5) is 28.4. The Balaban J connectivity index is 1.86. The van der Waals surface area contributed by atoms with Crippen LogP contribution in [0.5, 0.6) is 0 Å². The number of hydrogen-bond acceptors (Lipinski definition) is 3. The van der Waals surface area contributed by atoms with E-state index in [9.17, 15) is 9.59 Å². The summed E-state index contributed by atoms with van der Waals surface area (Å²) in [5.41, 5.74) is 0.938. The van der Waals surface area contributed by atoms with E-state index in [1.807, 2.05) is 35.2 Å². The molecule has 0 aliphatic carbocycles. The van der Waals surface area contributed by atoms with Gasteiger partial charge in [0.2, 0.25) is 5.91 Å². The van der Waals surface area contributed by atoms with Crippen LogP contribution in [0.3, 0.4) is 0 Å². The number of piperidine rings is 1. The van der Waals surface area contributed by atoms with E-state index in [4.69, 9.17) is 4.74 Å². The third-order valence-electron chi connectivity index (χ3n) is 4.54. The van der Waals surface area contributed by atoms with Crippen molar-refractivity contribution in [2.45, 2.75) is 31.4 Å². The van der Waals surface area contributed by atoms with Gasteiger partial charge in [-0.15, -0.1) is 0 Å². The van der Waals surface area contributed by atoms with Gasteiger partial charge in [0.1, 0.15) is 6.61 Å². The molecule has 1 aromatic rings. The van der Waals surface area contributed by atoms with Crippen LogP contribution in [0, 0.1) is 0 Å². The first-order valence-corrected chi connectivity index (χ1v) is 7.89. The standard InChI is InChI=1S/C17H22N2O3/c1-18-14(20)12-22-16(15(18)13-8-4-2-5-9-13)17(21)19-10-6-3-7-11-19/h2,4-5,8-9,15-16H,3,6-7,10-12H2,1H3/t15-,16+/m0/s1. The summed E-state index contributed by atoms with van der Waals surface area (Å²) in [6, 6.07) is 9.31. The SMILES string of the molecule is CN1C(=O)CO[C@@H](C(=O)N2CCCCC2)[C@@H]1c1ccccc1. The maximum Gasteiger partial charge on any atom is 0.254 e. The van der Waals surface area contributed by atoms with Crippen molar-refractivity contribution in [3.05, 3.63) is 35.9 Å². The van der Waals surface area contributed by atoms with Gasteiger partial charge in [0.05, 0.1) is 6.04 Å². The number of carbonyl (C=O) groups excluding carboxylic acids is 2. The van der Waals surface area contributed by atoms with Crippen molar-refractivity contribution in [3.8, 4) is 0 Å². The van der Waals surface area contributed by atoms with Gasteiger partial charge in [-0.25, -0.2) is 0 Å². The fourth-order valence-electron chi connectivity index (χ4n) is 3.26. The van der Waals surface area contributed by atoms with Crippen LogP contribution in [0.25, 0.3) is 0 Å². The smallest absolute Gasteiger partial charge is 0.254 e. The zero-order valence-corrected chi connectivity index (χ0v) is 12.9. The van der Waals surface area contributed by atoms with Gasteiger partial charge in [-0.1, -0.05) is 30.3 Å². The zero-order valence-electron chi connectivity index (χ0n) is 12.9. The van der Waals surface area contributed by atoms with E-state index in [0.717, 1.165) is 31.5 Å². The van der Waals surface area contributed by atoms with Crippen LogP contribution in [0.1, 0.15) is 30.9 Å². The summed E-state index contributed by atoms with van der Waals surface area (Å²) in [5, 5.41) is 0. The Labute approximate surface area is 130 Å². The second-order valence-corrected chi connectivity index (χ2v) is 5.98. The Hall–Kier alpha value is -1.88. The van der Waals surface area contributed by atoms with Gasteiger partial charge in [0, 0.05) is 20.1 Å². The van der Waals surface area contributed by atoms with Crippen molar-refractivity contribution >= 4 is 11.8 Å². The Morgan fingerprint density at radius 1 is 1.14 bits per heavy atom. The molecule has 2 saturated heterocycles. The molecule has 22 heavy (non-hydrogen) atoms. The van der Waals surface area contributed by atoms with Crippen LogP contribution < -0.4 is 0 Å². The molecule has 2 heterocycles. The highest BCUT2D eigenvalue weighted by Crippen LogP contribution is 2.30. The lowest BCUT2D eigenvalue weighted by molar-refractivity contribution is -0.167. The largest absolute Gasteiger partial charge is 0.356 e. The van der Waals surface area contributed by atoms with Crippen LogP contribution in [0.4, 0.5) is 0 Å². The topological polar surface area (TPSA) is 49.9 Å². The van der Waals surface area contributed by atoms with Gasteiger partial charge >= 0.3 is 0 Å². The lowest BCUT2D eigenvalue weighted by atomic mass is 9.96. The molecule has 0 bridgehead atoms. The zero-order chi connectivity index (χ0) is 15.5. The molecule has 0 saturated carbocycles. The molecule has 0 N–H and O–H groups in total. The molecule has 5 nitrogen and oxygen atoms in total. The summed E-state index contributed by atoms with van der Waals surface area (Å²) in [6.07, 6.45) is 2.66.